The molecule has 4 rings (SSSR count). The van der Waals surface area contributed by atoms with Crippen LogP contribution in [-0.4, -0.2) is 61.7 Å². The minimum atomic E-state index is -1.74. The Labute approximate surface area is 169 Å². The van der Waals surface area contributed by atoms with Crippen LogP contribution in [0.2, 0.25) is 0 Å². The highest BCUT2D eigenvalue weighted by Gasteiger charge is 2.46. The van der Waals surface area contributed by atoms with Gasteiger partial charge in [0, 0.05) is 17.7 Å². The fourth-order valence-corrected chi connectivity index (χ4v) is 3.67. The zero-order valence-electron chi connectivity index (χ0n) is 15.5. The Morgan fingerprint density at radius 1 is 0.933 bits per heavy atom. The van der Waals surface area contributed by atoms with E-state index in [1.165, 1.54) is 6.07 Å². The molecule has 9 nitrogen and oxygen atoms in total. The third-order valence-electron chi connectivity index (χ3n) is 5.25. The maximum atomic E-state index is 12.7. The minimum absolute atomic E-state index is 0.0929. The predicted octanol–water partition coefficient (Wildman–Crippen LogP) is 0.386. The second-order valence-corrected chi connectivity index (χ2v) is 7.12. The first-order valence-electron chi connectivity index (χ1n) is 9.22. The lowest BCUT2D eigenvalue weighted by Gasteiger charge is -2.40. The number of phenols is 2. The molecule has 1 aromatic heterocycles. The summed E-state index contributed by atoms with van der Waals surface area (Å²) >= 11 is 0. The summed E-state index contributed by atoms with van der Waals surface area (Å²) in [6, 6.07) is 11.1. The number of ether oxygens (including phenoxy) is 1. The summed E-state index contributed by atoms with van der Waals surface area (Å²) in [4.78, 5) is 12.7. The van der Waals surface area contributed by atoms with Gasteiger partial charge in [-0.25, -0.2) is 0 Å². The van der Waals surface area contributed by atoms with E-state index in [4.69, 9.17) is 9.15 Å². The maximum Gasteiger partial charge on any atom is 0.197 e. The molecule has 0 unspecified atom stereocenters. The molecule has 0 bridgehead atoms. The van der Waals surface area contributed by atoms with Gasteiger partial charge in [0.2, 0.25) is 0 Å². The van der Waals surface area contributed by atoms with Crippen LogP contribution in [0.25, 0.3) is 22.3 Å². The lowest BCUT2D eigenvalue weighted by Crippen LogP contribution is -2.55. The van der Waals surface area contributed by atoms with Crippen molar-refractivity contribution < 1.29 is 39.8 Å². The summed E-state index contributed by atoms with van der Waals surface area (Å²) in [6.45, 7) is -0.681. The Bertz CT molecular complexity index is 1120. The molecule has 30 heavy (non-hydrogen) atoms. The summed E-state index contributed by atoms with van der Waals surface area (Å²) < 4.78 is 11.1. The quantitative estimate of drug-likeness (QED) is 0.355. The van der Waals surface area contributed by atoms with Gasteiger partial charge in [0.15, 0.2) is 5.43 Å². The van der Waals surface area contributed by atoms with Crippen LogP contribution in [-0.2, 0) is 4.74 Å². The number of benzene rings is 2. The number of hydrogen-bond acceptors (Lipinski definition) is 9. The molecule has 1 aliphatic heterocycles. The molecule has 1 saturated heterocycles. The number of fused-ring (bicyclic) bond motifs is 1. The molecule has 0 amide bonds. The van der Waals surface area contributed by atoms with E-state index in [1.54, 1.807) is 30.3 Å². The van der Waals surface area contributed by atoms with Crippen LogP contribution < -0.4 is 5.43 Å². The van der Waals surface area contributed by atoms with Crippen molar-refractivity contribution in [2.24, 2.45) is 0 Å². The summed E-state index contributed by atoms with van der Waals surface area (Å²) in [5.41, 5.74) is -0.434. The summed E-state index contributed by atoms with van der Waals surface area (Å²) in [6.07, 6.45) is -7.83. The first-order chi connectivity index (χ1) is 14.3. The maximum absolute atomic E-state index is 12.7. The second-order valence-electron chi connectivity index (χ2n) is 7.12. The van der Waals surface area contributed by atoms with E-state index in [1.807, 2.05) is 0 Å². The fraction of sp³-hybridized carbons (Fsp3) is 0.286. The average Bonchev–Trinajstić information content (AvgIpc) is 2.73. The molecular weight excluding hydrogens is 396 g/mol. The largest absolute Gasteiger partial charge is 0.507 e. The van der Waals surface area contributed by atoms with Crippen LogP contribution >= 0.6 is 0 Å². The van der Waals surface area contributed by atoms with Crippen molar-refractivity contribution in [3.8, 4) is 22.8 Å². The molecule has 0 saturated carbocycles. The Morgan fingerprint density at radius 2 is 1.63 bits per heavy atom. The number of phenolic OH excluding ortho intramolecular Hbond substituents is 2. The fourth-order valence-electron chi connectivity index (χ4n) is 3.67. The minimum Gasteiger partial charge on any atom is -0.507 e. The SMILES string of the molecule is O=c1cc(-c2ccccc2)oc2cc(O)c([C@@H]3O[C@H](CO)[C@@H](O)[C@H](O)[C@H]3O)c(O)c12. The Hall–Kier alpha value is -2.95. The average molecular weight is 416 g/mol. The molecule has 3 aromatic rings. The summed E-state index contributed by atoms with van der Waals surface area (Å²) in [7, 11) is 0. The number of aromatic hydroxyl groups is 2. The molecule has 158 valence electrons. The van der Waals surface area contributed by atoms with Crippen molar-refractivity contribution in [1.82, 2.24) is 0 Å². The molecule has 5 atom stereocenters. The van der Waals surface area contributed by atoms with Crippen molar-refractivity contribution in [3.63, 3.8) is 0 Å². The van der Waals surface area contributed by atoms with Crippen LogP contribution in [0.1, 0.15) is 11.7 Å². The van der Waals surface area contributed by atoms with Gasteiger partial charge in [-0.15, -0.1) is 0 Å². The molecule has 2 aromatic carbocycles. The first kappa shape index (κ1) is 20.3. The molecule has 0 aliphatic carbocycles. The zero-order chi connectivity index (χ0) is 21.6. The number of aliphatic hydroxyl groups excluding tert-OH is 4. The molecule has 0 spiro atoms. The standard InChI is InChI=1S/C21H20O9/c22-8-14-17(25)19(27)20(28)21(30-14)16-11(24)7-13-15(18(16)26)10(23)6-12(29-13)9-4-2-1-3-5-9/h1-7,14,17,19-22,24-28H,8H2/t14-,17-,19+,20-,21+/m1/s1. The lowest BCUT2D eigenvalue weighted by atomic mass is 9.89. The van der Waals surface area contributed by atoms with Crippen LogP contribution in [0.3, 0.4) is 0 Å². The smallest absolute Gasteiger partial charge is 0.197 e. The monoisotopic (exact) mass is 416 g/mol. The topological polar surface area (TPSA) is 161 Å². The van der Waals surface area contributed by atoms with Crippen molar-refractivity contribution in [1.29, 1.82) is 0 Å². The van der Waals surface area contributed by atoms with Gasteiger partial charge in [-0.1, -0.05) is 30.3 Å². The van der Waals surface area contributed by atoms with Gasteiger partial charge in [-0.2, -0.15) is 0 Å². The summed E-state index contributed by atoms with van der Waals surface area (Å²) in [5.74, 6) is -1.02. The van der Waals surface area contributed by atoms with Crippen LogP contribution in [0.5, 0.6) is 11.5 Å². The van der Waals surface area contributed by atoms with Crippen molar-refractivity contribution in [2.75, 3.05) is 6.61 Å². The Balaban J connectivity index is 1.87. The molecular formula is C21H20O9. The van der Waals surface area contributed by atoms with Gasteiger partial charge in [0.1, 0.15) is 58.7 Å². The zero-order valence-corrected chi connectivity index (χ0v) is 15.5. The highest BCUT2D eigenvalue weighted by Crippen LogP contribution is 2.44. The highest BCUT2D eigenvalue weighted by molar-refractivity contribution is 5.88. The van der Waals surface area contributed by atoms with Crippen molar-refractivity contribution >= 4 is 11.0 Å². The van der Waals surface area contributed by atoms with E-state index in [-0.39, 0.29) is 22.3 Å². The molecule has 1 aliphatic rings. The first-order valence-corrected chi connectivity index (χ1v) is 9.22. The third-order valence-corrected chi connectivity index (χ3v) is 5.25. The third kappa shape index (κ3) is 3.22. The van der Waals surface area contributed by atoms with Gasteiger partial charge in [-0.05, 0) is 0 Å². The Morgan fingerprint density at radius 3 is 2.30 bits per heavy atom. The Kier molecular flexibility index (Phi) is 5.22. The highest BCUT2D eigenvalue weighted by atomic mass is 16.5. The van der Waals surface area contributed by atoms with Gasteiger partial charge < -0.3 is 39.8 Å². The van der Waals surface area contributed by atoms with Gasteiger partial charge in [-0.3, -0.25) is 4.79 Å². The van der Waals surface area contributed by atoms with E-state index >= 15 is 0 Å². The number of rotatable bonds is 3. The molecule has 9 heteroatoms. The van der Waals surface area contributed by atoms with E-state index in [0.717, 1.165) is 6.07 Å². The predicted molar refractivity (Wildman–Crippen MR) is 104 cm³/mol. The van der Waals surface area contributed by atoms with Crippen LogP contribution in [0.15, 0.2) is 51.7 Å². The lowest BCUT2D eigenvalue weighted by molar-refractivity contribution is -0.232. The molecule has 6 N–H and O–H groups in total. The van der Waals surface area contributed by atoms with E-state index in [9.17, 15) is 35.4 Å². The van der Waals surface area contributed by atoms with E-state index in [0.29, 0.717) is 5.56 Å². The molecule has 0 radical (unpaired) electrons. The number of hydrogen-bond donors (Lipinski definition) is 6. The van der Waals surface area contributed by atoms with Crippen molar-refractivity contribution in [2.45, 2.75) is 30.5 Å². The number of aliphatic hydroxyl groups is 4. The van der Waals surface area contributed by atoms with Crippen LogP contribution in [0.4, 0.5) is 0 Å². The molecule has 2 heterocycles. The normalized spacial score (nSPS) is 26.7. The molecule has 1 fully saturated rings. The van der Waals surface area contributed by atoms with Gasteiger partial charge in [0.25, 0.3) is 0 Å². The van der Waals surface area contributed by atoms with Crippen LogP contribution in [0, 0.1) is 0 Å². The van der Waals surface area contributed by atoms with Gasteiger partial charge in [0.05, 0.1) is 12.2 Å². The second kappa shape index (κ2) is 7.71. The summed E-state index contributed by atoms with van der Waals surface area (Å²) in [5, 5.41) is 60.6. The van der Waals surface area contributed by atoms with Gasteiger partial charge >= 0.3 is 0 Å². The van der Waals surface area contributed by atoms with E-state index in [2.05, 4.69) is 0 Å². The van der Waals surface area contributed by atoms with E-state index < -0.39 is 54.1 Å². The van der Waals surface area contributed by atoms with Crippen molar-refractivity contribution in [3.05, 3.63) is 58.3 Å².